The van der Waals surface area contributed by atoms with E-state index >= 15 is 4.39 Å². The Labute approximate surface area is 217 Å². The largest absolute Gasteiger partial charge is 0.378 e. The smallest absolute Gasteiger partial charge is 0.127 e. The molecule has 2 aromatic rings. The van der Waals surface area contributed by atoms with Gasteiger partial charge in [0.2, 0.25) is 0 Å². The maximum atomic E-state index is 15.2. The van der Waals surface area contributed by atoms with Crippen LogP contribution < -0.4 is 10.6 Å². The minimum absolute atomic E-state index is 0.0201. The van der Waals surface area contributed by atoms with Crippen molar-refractivity contribution in [1.29, 1.82) is 5.26 Å². The van der Waals surface area contributed by atoms with Gasteiger partial charge < -0.3 is 19.5 Å². The van der Waals surface area contributed by atoms with Gasteiger partial charge in [-0.2, -0.15) is 5.26 Å². The topological polar surface area (TPSA) is 78.8 Å². The average molecular weight is 507 g/mol. The van der Waals surface area contributed by atoms with Crippen LogP contribution >= 0.6 is 0 Å². The highest BCUT2D eigenvalue weighted by atomic mass is 19.1. The monoisotopic (exact) mass is 506 g/mol. The molecule has 4 heterocycles. The zero-order valence-corrected chi connectivity index (χ0v) is 21.2. The number of nitrogens with one attached hydrogen (secondary N) is 2. The van der Waals surface area contributed by atoms with Crippen molar-refractivity contribution in [2.75, 3.05) is 52.5 Å². The molecule has 3 saturated heterocycles. The molecule has 0 amide bonds. The number of benzene rings is 2. The fourth-order valence-corrected chi connectivity index (χ4v) is 5.94. The highest BCUT2D eigenvalue weighted by Crippen LogP contribution is 2.45. The predicted molar refractivity (Wildman–Crippen MR) is 137 cm³/mol. The van der Waals surface area contributed by atoms with Gasteiger partial charge in [-0.1, -0.05) is 24.3 Å². The molecule has 4 aliphatic rings. The summed E-state index contributed by atoms with van der Waals surface area (Å²) in [5.74, 6) is -0.282. The molecule has 0 bridgehead atoms. The van der Waals surface area contributed by atoms with Crippen LogP contribution in [0.15, 0.2) is 36.4 Å². The molecule has 1 spiro atoms. The van der Waals surface area contributed by atoms with E-state index in [1.165, 1.54) is 11.1 Å². The highest BCUT2D eigenvalue weighted by molar-refractivity contribution is 5.66. The van der Waals surface area contributed by atoms with Crippen LogP contribution in [-0.4, -0.2) is 75.6 Å². The van der Waals surface area contributed by atoms with Crippen molar-refractivity contribution < 1.29 is 18.6 Å². The molecule has 0 aliphatic carbocycles. The van der Waals surface area contributed by atoms with E-state index in [0.29, 0.717) is 31.2 Å². The van der Waals surface area contributed by atoms with Crippen molar-refractivity contribution in [2.24, 2.45) is 0 Å². The molecule has 4 aliphatic heterocycles. The first-order valence-electron chi connectivity index (χ1n) is 13.5. The summed E-state index contributed by atoms with van der Waals surface area (Å²) in [7, 11) is 0. The lowest BCUT2D eigenvalue weighted by molar-refractivity contribution is -0.0765. The second-order valence-electron chi connectivity index (χ2n) is 10.7. The molecule has 8 heteroatoms. The Balaban J connectivity index is 1.14. The standard InChI is InChI=1S/C29H35FN4O3/c30-28-12-21(2-4-22(28)10-24(13-31)33-15-26-14-32-7-1-9-36-26)20-3-5-23-16-37-29(27(23)11-20)6-8-34(19-29)25-17-35-18-25/h2-5,11-12,24-26,32-33H,1,6-10,14-19H2/t24-,26?,29?/m0/s1. The van der Waals surface area contributed by atoms with E-state index in [-0.39, 0.29) is 17.5 Å². The lowest BCUT2D eigenvalue weighted by Crippen LogP contribution is -2.49. The fourth-order valence-electron chi connectivity index (χ4n) is 5.94. The maximum absolute atomic E-state index is 15.2. The van der Waals surface area contributed by atoms with E-state index in [1.807, 2.05) is 12.1 Å². The summed E-state index contributed by atoms with van der Waals surface area (Å²) in [5.41, 5.74) is 4.56. The number of nitrogens with zero attached hydrogens (tertiary/aromatic N) is 2. The molecule has 2 aromatic carbocycles. The second kappa shape index (κ2) is 10.8. The van der Waals surface area contributed by atoms with E-state index in [1.54, 1.807) is 6.07 Å². The fraction of sp³-hybridized carbons (Fsp3) is 0.552. The minimum Gasteiger partial charge on any atom is -0.378 e. The molecule has 3 fully saturated rings. The number of fused-ring (bicyclic) bond motifs is 2. The van der Waals surface area contributed by atoms with Gasteiger partial charge >= 0.3 is 0 Å². The Morgan fingerprint density at radius 1 is 1.22 bits per heavy atom. The Hall–Kier alpha value is -2.38. The molecule has 7 nitrogen and oxygen atoms in total. The molecule has 2 unspecified atom stereocenters. The minimum atomic E-state index is -0.476. The third-order valence-electron chi connectivity index (χ3n) is 8.28. The predicted octanol–water partition coefficient (Wildman–Crippen LogP) is 2.73. The van der Waals surface area contributed by atoms with Crippen LogP contribution in [0.5, 0.6) is 0 Å². The molecule has 196 valence electrons. The van der Waals surface area contributed by atoms with Crippen LogP contribution in [0.4, 0.5) is 4.39 Å². The van der Waals surface area contributed by atoms with Gasteiger partial charge in [-0.25, -0.2) is 4.39 Å². The van der Waals surface area contributed by atoms with Crippen molar-refractivity contribution in [3.63, 3.8) is 0 Å². The first-order valence-corrected chi connectivity index (χ1v) is 13.5. The lowest BCUT2D eigenvalue weighted by atomic mass is 9.88. The van der Waals surface area contributed by atoms with E-state index in [0.717, 1.165) is 70.0 Å². The number of hydrogen-bond donors (Lipinski definition) is 2. The van der Waals surface area contributed by atoms with Gasteiger partial charge in [-0.05, 0) is 59.3 Å². The first-order chi connectivity index (χ1) is 18.1. The molecular weight excluding hydrogens is 471 g/mol. The molecule has 37 heavy (non-hydrogen) atoms. The van der Waals surface area contributed by atoms with Gasteiger partial charge in [0, 0.05) is 39.2 Å². The summed E-state index contributed by atoms with van der Waals surface area (Å²) in [4.78, 5) is 2.48. The molecule has 0 saturated carbocycles. The van der Waals surface area contributed by atoms with Gasteiger partial charge in [-0.15, -0.1) is 0 Å². The summed E-state index contributed by atoms with van der Waals surface area (Å²) >= 11 is 0. The Bertz CT molecular complexity index is 1160. The van der Waals surface area contributed by atoms with Gasteiger partial charge in [0.15, 0.2) is 0 Å². The highest BCUT2D eigenvalue weighted by Gasteiger charge is 2.48. The summed E-state index contributed by atoms with van der Waals surface area (Å²) in [6.07, 6.45) is 2.29. The summed E-state index contributed by atoms with van der Waals surface area (Å²) < 4.78 is 32.8. The molecule has 0 aromatic heterocycles. The molecule has 3 atom stereocenters. The molecule has 6 rings (SSSR count). The summed E-state index contributed by atoms with van der Waals surface area (Å²) in [5, 5.41) is 16.2. The normalized spacial score (nSPS) is 27.0. The van der Waals surface area contributed by atoms with Crippen molar-refractivity contribution in [1.82, 2.24) is 15.5 Å². The van der Waals surface area contributed by atoms with Gasteiger partial charge in [0.05, 0.1) is 44.1 Å². The van der Waals surface area contributed by atoms with Crippen LogP contribution in [0, 0.1) is 17.1 Å². The van der Waals surface area contributed by atoms with Crippen molar-refractivity contribution >= 4 is 0 Å². The maximum Gasteiger partial charge on any atom is 0.127 e. The zero-order valence-electron chi connectivity index (χ0n) is 21.2. The number of rotatable bonds is 7. The van der Waals surface area contributed by atoms with E-state index < -0.39 is 6.04 Å². The van der Waals surface area contributed by atoms with E-state index in [2.05, 4.69) is 39.8 Å². The van der Waals surface area contributed by atoms with Crippen molar-refractivity contribution in [3.8, 4) is 17.2 Å². The molecular formula is C29H35FN4O3. The Kier molecular flexibility index (Phi) is 7.26. The van der Waals surface area contributed by atoms with Crippen LogP contribution in [0.3, 0.4) is 0 Å². The van der Waals surface area contributed by atoms with Crippen LogP contribution in [0.25, 0.3) is 11.1 Å². The summed E-state index contributed by atoms with van der Waals surface area (Å²) in [6, 6.07) is 14.0. The first kappa shape index (κ1) is 24.9. The van der Waals surface area contributed by atoms with E-state index in [9.17, 15) is 5.26 Å². The number of halogens is 1. The van der Waals surface area contributed by atoms with Crippen LogP contribution in [-0.2, 0) is 32.8 Å². The van der Waals surface area contributed by atoms with Crippen LogP contribution in [0.1, 0.15) is 29.5 Å². The van der Waals surface area contributed by atoms with E-state index in [4.69, 9.17) is 14.2 Å². The van der Waals surface area contributed by atoms with Gasteiger partial charge in [0.25, 0.3) is 0 Å². The van der Waals surface area contributed by atoms with Crippen molar-refractivity contribution in [2.45, 2.75) is 49.7 Å². The molecule has 0 radical (unpaired) electrons. The third-order valence-corrected chi connectivity index (χ3v) is 8.28. The Morgan fingerprint density at radius 3 is 2.89 bits per heavy atom. The average Bonchev–Trinajstić information content (AvgIpc) is 3.35. The SMILES string of the molecule is N#C[C@H](Cc1ccc(-c2ccc3c(c2)C2(CCN(C4COC4)C2)OC3)cc1F)NCC1CNCCCO1. The number of likely N-dealkylation sites (tertiary alicyclic amines) is 1. The van der Waals surface area contributed by atoms with Gasteiger partial charge in [-0.3, -0.25) is 10.2 Å². The number of nitriles is 1. The molecule has 2 N–H and O–H groups in total. The van der Waals surface area contributed by atoms with Gasteiger partial charge in [0.1, 0.15) is 11.4 Å². The Morgan fingerprint density at radius 2 is 2.08 bits per heavy atom. The lowest BCUT2D eigenvalue weighted by Gasteiger charge is -2.35. The zero-order chi connectivity index (χ0) is 25.2. The van der Waals surface area contributed by atoms with Crippen molar-refractivity contribution in [3.05, 3.63) is 58.9 Å². The number of hydrogen-bond acceptors (Lipinski definition) is 7. The summed E-state index contributed by atoms with van der Waals surface area (Å²) in [6.45, 7) is 7.13. The van der Waals surface area contributed by atoms with Crippen LogP contribution in [0.2, 0.25) is 0 Å². The quantitative estimate of drug-likeness (QED) is 0.598. The second-order valence-corrected chi connectivity index (χ2v) is 10.7. The number of ether oxygens (including phenoxy) is 3. The third kappa shape index (κ3) is 5.17.